The average molecular weight is 396 g/mol. The zero-order valence-corrected chi connectivity index (χ0v) is 16.5. The molecule has 0 saturated carbocycles. The van der Waals surface area contributed by atoms with Gasteiger partial charge in [0.1, 0.15) is 17.2 Å². The van der Waals surface area contributed by atoms with E-state index in [2.05, 4.69) is 6.58 Å². The smallest absolute Gasteiger partial charge is 0.338 e. The molecule has 4 aromatic carbocycles. The molecule has 0 amide bonds. The number of benzene rings is 4. The molecule has 4 rings (SSSR count). The van der Waals surface area contributed by atoms with E-state index in [1.807, 2.05) is 84.9 Å². The summed E-state index contributed by atoms with van der Waals surface area (Å²) in [5, 5.41) is 1.50. The molecule has 0 unspecified atom stereocenters. The number of para-hydroxylation sites is 2. The predicted molar refractivity (Wildman–Crippen MR) is 117 cm³/mol. The molecular weight excluding hydrogens is 376 g/mol. The van der Waals surface area contributed by atoms with Crippen LogP contribution in [0, 0.1) is 0 Å². The lowest BCUT2D eigenvalue weighted by atomic mass is 10.1. The minimum Gasteiger partial charge on any atom is -0.457 e. The van der Waals surface area contributed by atoms with Gasteiger partial charge in [-0.25, -0.2) is 4.79 Å². The quantitative estimate of drug-likeness (QED) is 0.202. The summed E-state index contributed by atoms with van der Waals surface area (Å²) in [7, 11) is 0. The predicted octanol–water partition coefficient (Wildman–Crippen LogP) is 6.91. The first-order chi connectivity index (χ1) is 14.6. The van der Waals surface area contributed by atoms with Crippen LogP contribution in [0.15, 0.2) is 103 Å². The Balaban J connectivity index is 1.88. The van der Waals surface area contributed by atoms with Gasteiger partial charge in [-0.3, -0.25) is 0 Å². The van der Waals surface area contributed by atoms with E-state index < -0.39 is 5.97 Å². The number of hydrogen-bond acceptors (Lipinski definition) is 4. The van der Waals surface area contributed by atoms with Crippen molar-refractivity contribution in [2.45, 2.75) is 6.92 Å². The first-order valence-corrected chi connectivity index (χ1v) is 9.51. The second kappa shape index (κ2) is 8.53. The number of esters is 1. The van der Waals surface area contributed by atoms with Crippen LogP contribution in [0.25, 0.3) is 10.8 Å². The van der Waals surface area contributed by atoms with E-state index in [-0.39, 0.29) is 0 Å². The van der Waals surface area contributed by atoms with Gasteiger partial charge in [0.2, 0.25) is 0 Å². The van der Waals surface area contributed by atoms with Gasteiger partial charge in [-0.2, -0.15) is 0 Å². The topological polar surface area (TPSA) is 44.8 Å². The largest absolute Gasteiger partial charge is 0.457 e. The summed E-state index contributed by atoms with van der Waals surface area (Å²) < 4.78 is 17.9. The van der Waals surface area contributed by atoms with E-state index in [1.165, 1.54) is 0 Å². The number of carbonyl (C=O) groups excluding carboxylic acids is 1. The molecule has 4 heteroatoms. The van der Waals surface area contributed by atoms with Gasteiger partial charge in [0.15, 0.2) is 11.5 Å². The Hall–Kier alpha value is -4.05. The van der Waals surface area contributed by atoms with E-state index in [4.69, 9.17) is 14.2 Å². The van der Waals surface area contributed by atoms with Crippen molar-refractivity contribution in [1.82, 2.24) is 0 Å². The van der Waals surface area contributed by atoms with Crippen molar-refractivity contribution in [2.24, 2.45) is 0 Å². The van der Waals surface area contributed by atoms with Gasteiger partial charge in [0, 0.05) is 22.4 Å². The highest BCUT2D eigenvalue weighted by atomic mass is 16.6. The van der Waals surface area contributed by atoms with Gasteiger partial charge in [-0.05, 0) is 31.2 Å². The van der Waals surface area contributed by atoms with Crippen LogP contribution in [0.5, 0.6) is 28.7 Å². The molecule has 0 aliphatic rings. The summed E-state index contributed by atoms with van der Waals surface area (Å²) in [6.07, 6.45) is 0. The second-order valence-electron chi connectivity index (χ2n) is 6.75. The summed E-state index contributed by atoms with van der Waals surface area (Å²) >= 11 is 0. The molecule has 0 saturated heterocycles. The third kappa shape index (κ3) is 4.18. The molecule has 0 bridgehead atoms. The Morgan fingerprint density at radius 1 is 0.700 bits per heavy atom. The average Bonchev–Trinajstić information content (AvgIpc) is 2.77. The molecule has 0 N–H and O–H groups in total. The summed E-state index contributed by atoms with van der Waals surface area (Å²) in [5.41, 5.74) is 0.300. The zero-order chi connectivity index (χ0) is 20.9. The molecule has 0 aliphatic heterocycles. The van der Waals surface area contributed by atoms with Crippen molar-refractivity contribution in [3.8, 4) is 28.7 Å². The lowest BCUT2D eigenvalue weighted by Gasteiger charge is -2.17. The van der Waals surface area contributed by atoms with Crippen molar-refractivity contribution in [1.29, 1.82) is 0 Å². The lowest BCUT2D eigenvalue weighted by molar-refractivity contribution is -0.130. The number of rotatable bonds is 6. The van der Waals surface area contributed by atoms with Crippen molar-refractivity contribution < 1.29 is 19.0 Å². The van der Waals surface area contributed by atoms with E-state index in [0.29, 0.717) is 39.7 Å². The van der Waals surface area contributed by atoms with Crippen LogP contribution in [-0.4, -0.2) is 5.97 Å². The molecular formula is C26H20O4. The van der Waals surface area contributed by atoms with Crippen LogP contribution in [0.3, 0.4) is 0 Å². The highest BCUT2D eigenvalue weighted by Crippen LogP contribution is 2.44. The molecule has 0 radical (unpaired) electrons. The standard InChI is InChI=1S/C26H20O4/c1-18(2)26(27)30-25-22-16-10-9-15-21(22)23(28-19-11-5-3-6-12-19)17-24(25)29-20-13-7-4-8-14-20/h3-17H,1H2,2H3. The van der Waals surface area contributed by atoms with Gasteiger partial charge < -0.3 is 14.2 Å². The Kier molecular flexibility index (Phi) is 5.48. The number of ether oxygens (including phenoxy) is 3. The minimum atomic E-state index is -0.519. The molecule has 0 heterocycles. The summed E-state index contributed by atoms with van der Waals surface area (Å²) in [6, 6.07) is 28.1. The zero-order valence-electron chi connectivity index (χ0n) is 16.5. The van der Waals surface area contributed by atoms with Crippen LogP contribution in [0.2, 0.25) is 0 Å². The number of fused-ring (bicyclic) bond motifs is 1. The third-order valence-electron chi connectivity index (χ3n) is 4.41. The fourth-order valence-electron chi connectivity index (χ4n) is 2.97. The monoisotopic (exact) mass is 396 g/mol. The van der Waals surface area contributed by atoms with Gasteiger partial charge in [0.25, 0.3) is 0 Å². The Morgan fingerprint density at radius 3 is 1.77 bits per heavy atom. The Labute approximate surface area is 174 Å². The minimum absolute atomic E-state index is 0.300. The van der Waals surface area contributed by atoms with Crippen molar-refractivity contribution >= 4 is 16.7 Å². The lowest BCUT2D eigenvalue weighted by Crippen LogP contribution is -2.09. The highest BCUT2D eigenvalue weighted by Gasteiger charge is 2.20. The van der Waals surface area contributed by atoms with Gasteiger partial charge in [-0.1, -0.05) is 67.2 Å². The maximum absolute atomic E-state index is 12.3. The molecule has 0 aliphatic carbocycles. The fraction of sp³-hybridized carbons (Fsp3) is 0.0385. The molecule has 4 nitrogen and oxygen atoms in total. The summed E-state index contributed by atoms with van der Waals surface area (Å²) in [4.78, 5) is 12.3. The van der Waals surface area contributed by atoms with Crippen LogP contribution in [0.1, 0.15) is 6.92 Å². The van der Waals surface area contributed by atoms with Gasteiger partial charge in [0.05, 0.1) is 0 Å². The van der Waals surface area contributed by atoms with Gasteiger partial charge in [-0.15, -0.1) is 0 Å². The van der Waals surface area contributed by atoms with Crippen LogP contribution in [-0.2, 0) is 4.79 Å². The van der Waals surface area contributed by atoms with Gasteiger partial charge >= 0.3 is 5.97 Å². The van der Waals surface area contributed by atoms with E-state index >= 15 is 0 Å². The number of hydrogen-bond donors (Lipinski definition) is 0. The van der Waals surface area contributed by atoms with Crippen molar-refractivity contribution in [2.75, 3.05) is 0 Å². The molecule has 4 aromatic rings. The maximum atomic E-state index is 12.3. The first-order valence-electron chi connectivity index (χ1n) is 9.51. The van der Waals surface area contributed by atoms with Crippen LogP contribution < -0.4 is 14.2 Å². The Morgan fingerprint density at radius 2 is 1.20 bits per heavy atom. The first kappa shape index (κ1) is 19.3. The van der Waals surface area contributed by atoms with E-state index in [0.717, 1.165) is 5.39 Å². The summed E-state index contributed by atoms with van der Waals surface area (Å²) in [6.45, 7) is 5.28. The summed E-state index contributed by atoms with van der Waals surface area (Å²) in [5.74, 6) is 2.09. The molecule has 148 valence electrons. The maximum Gasteiger partial charge on any atom is 0.338 e. The molecule has 0 atom stereocenters. The third-order valence-corrected chi connectivity index (χ3v) is 4.41. The molecule has 0 spiro atoms. The highest BCUT2D eigenvalue weighted by molar-refractivity contribution is 5.99. The van der Waals surface area contributed by atoms with Crippen LogP contribution in [0.4, 0.5) is 0 Å². The SMILES string of the molecule is C=C(C)C(=O)Oc1c(Oc2ccccc2)cc(Oc2ccccc2)c2ccccc12. The van der Waals surface area contributed by atoms with E-state index in [1.54, 1.807) is 13.0 Å². The van der Waals surface area contributed by atoms with Crippen LogP contribution >= 0.6 is 0 Å². The fourth-order valence-corrected chi connectivity index (χ4v) is 2.97. The normalized spacial score (nSPS) is 10.4. The second-order valence-corrected chi connectivity index (χ2v) is 6.75. The van der Waals surface area contributed by atoms with E-state index in [9.17, 15) is 4.79 Å². The van der Waals surface area contributed by atoms with Crippen molar-refractivity contribution in [3.05, 3.63) is 103 Å². The number of carbonyl (C=O) groups is 1. The molecule has 30 heavy (non-hydrogen) atoms. The Bertz CT molecular complexity index is 1200. The molecule has 0 fully saturated rings. The molecule has 0 aromatic heterocycles. The van der Waals surface area contributed by atoms with Crippen molar-refractivity contribution in [3.63, 3.8) is 0 Å².